The number of quaternary nitrogens is 1. The highest BCUT2D eigenvalue weighted by Crippen LogP contribution is 2.31. The van der Waals surface area contributed by atoms with Crippen LogP contribution in [0.1, 0.15) is 17.7 Å². The van der Waals surface area contributed by atoms with Crippen molar-refractivity contribution in [3.63, 3.8) is 0 Å². The molecule has 7 nitrogen and oxygen atoms in total. The molecule has 29 heavy (non-hydrogen) atoms. The van der Waals surface area contributed by atoms with Crippen LogP contribution in [0.25, 0.3) is 16.7 Å². The summed E-state index contributed by atoms with van der Waals surface area (Å²) in [5.74, 6) is 1.76. The molecule has 0 unspecified atom stereocenters. The molecule has 1 aromatic carbocycles. The molecule has 7 heteroatoms. The second-order valence-electron chi connectivity index (χ2n) is 7.56. The lowest BCUT2D eigenvalue weighted by Gasteiger charge is -2.23. The van der Waals surface area contributed by atoms with Crippen LogP contribution in [0.5, 0.6) is 5.75 Å². The van der Waals surface area contributed by atoms with Gasteiger partial charge in [-0.15, -0.1) is 0 Å². The molecule has 1 aliphatic heterocycles. The lowest BCUT2D eigenvalue weighted by Crippen LogP contribution is -3.14. The second-order valence-corrected chi connectivity index (χ2v) is 7.56. The largest absolute Gasteiger partial charge is 0.497 e. The maximum absolute atomic E-state index is 5.44. The molecular weight excluding hydrogens is 366 g/mol. The topological polar surface area (TPSA) is 65.6 Å². The Morgan fingerprint density at radius 1 is 1.14 bits per heavy atom. The van der Waals surface area contributed by atoms with Gasteiger partial charge in [0.05, 0.1) is 32.3 Å². The van der Waals surface area contributed by atoms with E-state index in [4.69, 9.17) is 9.47 Å². The second kappa shape index (κ2) is 8.80. The van der Waals surface area contributed by atoms with Crippen molar-refractivity contribution < 1.29 is 14.4 Å². The normalized spacial score (nSPS) is 15.0. The number of nitrogens with zero attached hydrogens (tertiary/aromatic N) is 3. The van der Waals surface area contributed by atoms with Crippen LogP contribution in [-0.4, -0.2) is 61.0 Å². The summed E-state index contributed by atoms with van der Waals surface area (Å²) in [4.78, 5) is 10.8. The summed E-state index contributed by atoms with van der Waals surface area (Å²) in [5, 5.41) is 4.65. The molecule has 0 saturated carbocycles. The van der Waals surface area contributed by atoms with Gasteiger partial charge in [-0.05, 0) is 43.7 Å². The first-order valence-corrected chi connectivity index (χ1v) is 10.3. The number of hydrogen-bond acceptors (Lipinski definition) is 5. The van der Waals surface area contributed by atoms with E-state index in [2.05, 4.69) is 45.8 Å². The van der Waals surface area contributed by atoms with Crippen LogP contribution >= 0.6 is 0 Å². The summed E-state index contributed by atoms with van der Waals surface area (Å²) < 4.78 is 12.9. The molecule has 1 fully saturated rings. The van der Waals surface area contributed by atoms with Crippen molar-refractivity contribution >= 4 is 16.9 Å². The van der Waals surface area contributed by atoms with Crippen LogP contribution in [-0.2, 0) is 4.74 Å². The number of hydrogen-bond donors (Lipinski definition) is 2. The van der Waals surface area contributed by atoms with E-state index in [1.165, 1.54) is 11.3 Å². The molecule has 4 rings (SSSR count). The standard InChI is InChI=1S/C22H29N5O2/c1-16-17(2)27(18-5-7-19(28-3)8-6-18)22-20(16)21(24-15-25-22)23-9-4-10-26-11-13-29-14-12-26/h5-8,15H,4,9-14H2,1-3H3,(H,23,24,25)/p+1. The van der Waals surface area contributed by atoms with Gasteiger partial charge in [0.25, 0.3) is 0 Å². The summed E-state index contributed by atoms with van der Waals surface area (Å²) in [6, 6.07) is 8.07. The van der Waals surface area contributed by atoms with Crippen molar-refractivity contribution in [3.05, 3.63) is 41.9 Å². The molecule has 0 aliphatic carbocycles. The van der Waals surface area contributed by atoms with Crippen LogP contribution in [0, 0.1) is 13.8 Å². The first-order valence-electron chi connectivity index (χ1n) is 10.3. The maximum atomic E-state index is 5.44. The molecule has 2 aromatic heterocycles. The third kappa shape index (κ3) is 4.06. The highest BCUT2D eigenvalue weighted by molar-refractivity contribution is 5.93. The fourth-order valence-corrected chi connectivity index (χ4v) is 4.04. The molecule has 1 aliphatic rings. The van der Waals surface area contributed by atoms with Gasteiger partial charge in [-0.3, -0.25) is 4.57 Å². The SMILES string of the molecule is COc1ccc(-n2c(C)c(C)c3c(NCCC[NH+]4CCOCC4)ncnc32)cc1. The van der Waals surface area contributed by atoms with Gasteiger partial charge in [-0.1, -0.05) is 0 Å². The van der Waals surface area contributed by atoms with E-state index in [9.17, 15) is 0 Å². The number of anilines is 1. The summed E-state index contributed by atoms with van der Waals surface area (Å²) in [6.45, 7) is 10.3. The average molecular weight is 397 g/mol. The van der Waals surface area contributed by atoms with Gasteiger partial charge in [0.1, 0.15) is 31.0 Å². The van der Waals surface area contributed by atoms with Crippen molar-refractivity contribution in [2.45, 2.75) is 20.3 Å². The van der Waals surface area contributed by atoms with Gasteiger partial charge in [0.15, 0.2) is 5.65 Å². The zero-order valence-corrected chi connectivity index (χ0v) is 17.5. The van der Waals surface area contributed by atoms with Gasteiger partial charge in [-0.2, -0.15) is 0 Å². The minimum Gasteiger partial charge on any atom is -0.497 e. The number of benzene rings is 1. The molecule has 0 radical (unpaired) electrons. The zero-order chi connectivity index (χ0) is 20.2. The lowest BCUT2D eigenvalue weighted by molar-refractivity contribution is -0.908. The number of ether oxygens (including phenoxy) is 2. The highest BCUT2D eigenvalue weighted by Gasteiger charge is 2.18. The van der Waals surface area contributed by atoms with E-state index in [1.54, 1.807) is 18.3 Å². The predicted molar refractivity (Wildman–Crippen MR) is 114 cm³/mol. The third-order valence-electron chi connectivity index (χ3n) is 5.82. The van der Waals surface area contributed by atoms with E-state index in [0.717, 1.165) is 74.1 Å². The van der Waals surface area contributed by atoms with Crippen molar-refractivity contribution in [1.82, 2.24) is 14.5 Å². The van der Waals surface area contributed by atoms with Crippen molar-refractivity contribution in [2.24, 2.45) is 0 Å². The van der Waals surface area contributed by atoms with E-state index in [0.29, 0.717) is 0 Å². The van der Waals surface area contributed by atoms with Crippen LogP contribution < -0.4 is 15.0 Å². The lowest BCUT2D eigenvalue weighted by atomic mass is 10.2. The Bertz CT molecular complexity index is 961. The molecule has 0 amide bonds. The number of nitrogens with one attached hydrogen (secondary N) is 2. The van der Waals surface area contributed by atoms with Crippen LogP contribution in [0.15, 0.2) is 30.6 Å². The third-order valence-corrected chi connectivity index (χ3v) is 5.82. The minimum atomic E-state index is 0.846. The molecule has 3 heterocycles. The number of methoxy groups -OCH3 is 1. The number of rotatable bonds is 7. The Balaban J connectivity index is 1.54. The molecule has 1 saturated heterocycles. The summed E-state index contributed by atoms with van der Waals surface area (Å²) >= 11 is 0. The molecule has 3 aromatic rings. The predicted octanol–water partition coefficient (Wildman–Crippen LogP) is 1.76. The Hall–Kier alpha value is -2.64. The van der Waals surface area contributed by atoms with Crippen molar-refractivity contribution in [1.29, 1.82) is 0 Å². The van der Waals surface area contributed by atoms with E-state index in [-0.39, 0.29) is 0 Å². The summed E-state index contributed by atoms with van der Waals surface area (Å²) in [5.41, 5.74) is 4.38. The average Bonchev–Trinajstić information content (AvgIpc) is 3.03. The zero-order valence-electron chi connectivity index (χ0n) is 17.5. The number of fused-ring (bicyclic) bond motifs is 1. The smallest absolute Gasteiger partial charge is 0.150 e. The maximum Gasteiger partial charge on any atom is 0.150 e. The molecule has 0 bridgehead atoms. The quantitative estimate of drug-likeness (QED) is 0.596. The van der Waals surface area contributed by atoms with E-state index >= 15 is 0 Å². The number of aromatic nitrogens is 3. The summed E-state index contributed by atoms with van der Waals surface area (Å²) in [6.07, 6.45) is 2.76. The minimum absolute atomic E-state index is 0.846. The van der Waals surface area contributed by atoms with Crippen LogP contribution in [0.4, 0.5) is 5.82 Å². The molecule has 0 spiro atoms. The highest BCUT2D eigenvalue weighted by atomic mass is 16.5. The summed E-state index contributed by atoms with van der Waals surface area (Å²) in [7, 11) is 1.68. The Labute approximate surface area is 171 Å². The van der Waals surface area contributed by atoms with E-state index < -0.39 is 0 Å². The van der Waals surface area contributed by atoms with Gasteiger partial charge < -0.3 is 19.7 Å². The van der Waals surface area contributed by atoms with Crippen LogP contribution in [0.2, 0.25) is 0 Å². The van der Waals surface area contributed by atoms with E-state index in [1.807, 2.05) is 12.1 Å². The fourth-order valence-electron chi connectivity index (χ4n) is 4.04. The van der Waals surface area contributed by atoms with Gasteiger partial charge >= 0.3 is 0 Å². The Morgan fingerprint density at radius 3 is 2.62 bits per heavy atom. The van der Waals surface area contributed by atoms with Crippen molar-refractivity contribution in [3.8, 4) is 11.4 Å². The fraction of sp³-hybridized carbons (Fsp3) is 0.455. The number of morpholine rings is 1. The monoisotopic (exact) mass is 396 g/mol. The molecule has 0 atom stereocenters. The Morgan fingerprint density at radius 2 is 1.90 bits per heavy atom. The van der Waals surface area contributed by atoms with Gasteiger partial charge in [0, 0.05) is 24.3 Å². The van der Waals surface area contributed by atoms with Crippen LogP contribution in [0.3, 0.4) is 0 Å². The molecular formula is C22H30N5O2+. The molecule has 2 N–H and O–H groups in total. The first-order chi connectivity index (χ1) is 14.2. The first kappa shape index (κ1) is 19.7. The van der Waals surface area contributed by atoms with Gasteiger partial charge in [0.2, 0.25) is 0 Å². The van der Waals surface area contributed by atoms with Gasteiger partial charge in [-0.25, -0.2) is 9.97 Å². The number of aryl methyl sites for hydroxylation is 1. The molecule has 154 valence electrons. The van der Waals surface area contributed by atoms with Crippen molar-refractivity contribution in [2.75, 3.05) is 51.8 Å². The Kier molecular flexibility index (Phi) is 5.97.